The number of anilines is 1. The molecule has 0 spiro atoms. The normalized spacial score (nSPS) is 27.5. The lowest BCUT2D eigenvalue weighted by Crippen LogP contribution is -2.35. The maximum Gasteiger partial charge on any atom is 0.223 e. The molecule has 0 saturated carbocycles. The molecule has 4 nitrogen and oxygen atoms in total. The quantitative estimate of drug-likeness (QED) is 0.737. The lowest BCUT2D eigenvalue weighted by molar-refractivity contribution is 0.185. The molecule has 13 heavy (non-hydrogen) atoms. The van der Waals surface area contributed by atoms with Crippen molar-refractivity contribution in [2.24, 2.45) is 0 Å². The van der Waals surface area contributed by atoms with E-state index in [2.05, 4.69) is 22.2 Å². The van der Waals surface area contributed by atoms with E-state index in [9.17, 15) is 0 Å². The van der Waals surface area contributed by atoms with Gasteiger partial charge in [-0.2, -0.15) is 0 Å². The molecule has 0 aromatic carbocycles. The van der Waals surface area contributed by atoms with Crippen LogP contribution in [-0.4, -0.2) is 28.7 Å². The van der Waals surface area contributed by atoms with Crippen LogP contribution in [0.25, 0.3) is 0 Å². The predicted molar refractivity (Wildman–Crippen MR) is 49.5 cm³/mol. The van der Waals surface area contributed by atoms with Crippen LogP contribution in [0.5, 0.6) is 0 Å². The SMILES string of the molecule is CC1(Nc2ncccn2)CCOC1. The van der Waals surface area contributed by atoms with Crippen LogP contribution in [0, 0.1) is 0 Å². The number of nitrogens with one attached hydrogen (secondary N) is 1. The summed E-state index contributed by atoms with van der Waals surface area (Å²) in [7, 11) is 0. The van der Waals surface area contributed by atoms with Gasteiger partial charge in [0.2, 0.25) is 5.95 Å². The van der Waals surface area contributed by atoms with Gasteiger partial charge in [-0.25, -0.2) is 9.97 Å². The first-order valence-corrected chi connectivity index (χ1v) is 4.41. The van der Waals surface area contributed by atoms with Gasteiger partial charge in [-0.1, -0.05) is 0 Å². The molecule has 0 bridgehead atoms. The Morgan fingerprint density at radius 2 is 2.23 bits per heavy atom. The summed E-state index contributed by atoms with van der Waals surface area (Å²) in [5.41, 5.74) is 0.00134. The molecule has 1 saturated heterocycles. The van der Waals surface area contributed by atoms with Gasteiger partial charge >= 0.3 is 0 Å². The molecule has 2 heterocycles. The minimum absolute atomic E-state index is 0.00134. The molecule has 1 N–H and O–H groups in total. The van der Waals surface area contributed by atoms with E-state index in [0.29, 0.717) is 5.95 Å². The second-order valence-corrected chi connectivity index (χ2v) is 3.56. The summed E-state index contributed by atoms with van der Waals surface area (Å²) in [4.78, 5) is 8.22. The van der Waals surface area contributed by atoms with E-state index in [4.69, 9.17) is 4.74 Å². The fourth-order valence-electron chi connectivity index (χ4n) is 1.40. The highest BCUT2D eigenvalue weighted by atomic mass is 16.5. The summed E-state index contributed by atoms with van der Waals surface area (Å²) in [5, 5.41) is 3.27. The van der Waals surface area contributed by atoms with E-state index in [1.807, 2.05) is 0 Å². The number of aromatic nitrogens is 2. The van der Waals surface area contributed by atoms with Crippen molar-refractivity contribution in [3.8, 4) is 0 Å². The fourth-order valence-corrected chi connectivity index (χ4v) is 1.40. The minimum Gasteiger partial charge on any atom is -0.379 e. The Balaban J connectivity index is 2.05. The zero-order valence-electron chi connectivity index (χ0n) is 7.66. The van der Waals surface area contributed by atoms with Crippen molar-refractivity contribution < 1.29 is 4.74 Å². The molecule has 0 amide bonds. The van der Waals surface area contributed by atoms with Crippen LogP contribution in [0.1, 0.15) is 13.3 Å². The van der Waals surface area contributed by atoms with Gasteiger partial charge in [-0.3, -0.25) is 0 Å². The second-order valence-electron chi connectivity index (χ2n) is 3.56. The average molecular weight is 179 g/mol. The number of nitrogens with zero attached hydrogens (tertiary/aromatic N) is 2. The van der Waals surface area contributed by atoms with Gasteiger partial charge in [0.15, 0.2) is 0 Å². The van der Waals surface area contributed by atoms with Crippen LogP contribution in [-0.2, 0) is 4.74 Å². The first-order chi connectivity index (χ1) is 6.29. The van der Waals surface area contributed by atoms with Gasteiger partial charge in [0, 0.05) is 19.0 Å². The Morgan fingerprint density at radius 1 is 1.46 bits per heavy atom. The van der Waals surface area contributed by atoms with E-state index in [0.717, 1.165) is 19.6 Å². The third kappa shape index (κ3) is 1.95. The Hall–Kier alpha value is -1.16. The number of ether oxygens (including phenoxy) is 1. The van der Waals surface area contributed by atoms with Crippen LogP contribution in [0.2, 0.25) is 0 Å². The smallest absolute Gasteiger partial charge is 0.223 e. The van der Waals surface area contributed by atoms with E-state index >= 15 is 0 Å². The number of hydrogen-bond donors (Lipinski definition) is 1. The van der Waals surface area contributed by atoms with Gasteiger partial charge in [-0.05, 0) is 19.4 Å². The molecule has 2 rings (SSSR count). The zero-order chi connectivity index (χ0) is 9.15. The number of hydrogen-bond acceptors (Lipinski definition) is 4. The second kappa shape index (κ2) is 3.30. The van der Waals surface area contributed by atoms with Gasteiger partial charge < -0.3 is 10.1 Å². The van der Waals surface area contributed by atoms with Crippen LogP contribution >= 0.6 is 0 Å². The molecular weight excluding hydrogens is 166 g/mol. The monoisotopic (exact) mass is 179 g/mol. The van der Waals surface area contributed by atoms with Crippen molar-refractivity contribution >= 4 is 5.95 Å². The summed E-state index contributed by atoms with van der Waals surface area (Å²) in [6.07, 6.45) is 4.47. The molecule has 1 fully saturated rings. The largest absolute Gasteiger partial charge is 0.379 e. The Bertz CT molecular complexity index is 269. The topological polar surface area (TPSA) is 47.0 Å². The van der Waals surface area contributed by atoms with Crippen LogP contribution in [0.3, 0.4) is 0 Å². The molecule has 70 valence electrons. The Kier molecular flexibility index (Phi) is 2.14. The van der Waals surface area contributed by atoms with Gasteiger partial charge in [0.05, 0.1) is 12.1 Å². The van der Waals surface area contributed by atoms with Crippen LogP contribution in [0.4, 0.5) is 5.95 Å². The third-order valence-corrected chi connectivity index (χ3v) is 2.20. The highest BCUT2D eigenvalue weighted by Crippen LogP contribution is 2.21. The van der Waals surface area contributed by atoms with Crippen molar-refractivity contribution in [1.29, 1.82) is 0 Å². The number of rotatable bonds is 2. The summed E-state index contributed by atoms with van der Waals surface area (Å²) >= 11 is 0. The molecule has 1 aliphatic heterocycles. The van der Waals surface area contributed by atoms with Crippen molar-refractivity contribution in [1.82, 2.24) is 9.97 Å². The maximum absolute atomic E-state index is 5.31. The summed E-state index contributed by atoms with van der Waals surface area (Å²) in [5.74, 6) is 0.676. The first-order valence-electron chi connectivity index (χ1n) is 4.41. The summed E-state index contributed by atoms with van der Waals surface area (Å²) < 4.78 is 5.31. The van der Waals surface area contributed by atoms with E-state index in [1.165, 1.54) is 0 Å². The Labute approximate surface area is 77.4 Å². The predicted octanol–water partition coefficient (Wildman–Crippen LogP) is 1.07. The van der Waals surface area contributed by atoms with Crippen molar-refractivity contribution in [3.63, 3.8) is 0 Å². The van der Waals surface area contributed by atoms with E-state index in [-0.39, 0.29) is 5.54 Å². The lowest BCUT2D eigenvalue weighted by Gasteiger charge is -2.22. The molecule has 1 atom stereocenters. The van der Waals surface area contributed by atoms with Gasteiger partial charge in [0.25, 0.3) is 0 Å². The van der Waals surface area contributed by atoms with Crippen molar-refractivity contribution in [2.75, 3.05) is 18.5 Å². The third-order valence-electron chi connectivity index (χ3n) is 2.20. The molecular formula is C9H13N3O. The first kappa shape index (κ1) is 8.44. The lowest BCUT2D eigenvalue weighted by atomic mass is 10.0. The van der Waals surface area contributed by atoms with E-state index < -0.39 is 0 Å². The van der Waals surface area contributed by atoms with Gasteiger partial charge in [-0.15, -0.1) is 0 Å². The zero-order valence-corrected chi connectivity index (χ0v) is 7.66. The molecule has 1 aliphatic rings. The Morgan fingerprint density at radius 3 is 2.85 bits per heavy atom. The molecule has 1 aromatic heterocycles. The van der Waals surface area contributed by atoms with Crippen LogP contribution in [0.15, 0.2) is 18.5 Å². The van der Waals surface area contributed by atoms with E-state index in [1.54, 1.807) is 18.5 Å². The fraction of sp³-hybridized carbons (Fsp3) is 0.556. The highest BCUT2D eigenvalue weighted by Gasteiger charge is 2.29. The standard InChI is InChI=1S/C9H13N3O/c1-9(3-6-13-7-9)12-8-10-4-2-5-11-8/h2,4-5H,3,6-7H2,1H3,(H,10,11,12). The summed E-state index contributed by atoms with van der Waals surface area (Å²) in [6.45, 7) is 3.66. The average Bonchev–Trinajstić information content (AvgIpc) is 2.54. The minimum atomic E-state index is 0.00134. The van der Waals surface area contributed by atoms with Crippen LogP contribution < -0.4 is 5.32 Å². The molecule has 4 heteroatoms. The van der Waals surface area contributed by atoms with Gasteiger partial charge in [0.1, 0.15) is 0 Å². The highest BCUT2D eigenvalue weighted by molar-refractivity contribution is 5.28. The van der Waals surface area contributed by atoms with Crippen molar-refractivity contribution in [2.45, 2.75) is 18.9 Å². The molecule has 1 unspecified atom stereocenters. The molecule has 0 radical (unpaired) electrons. The van der Waals surface area contributed by atoms with Crippen molar-refractivity contribution in [3.05, 3.63) is 18.5 Å². The molecule has 0 aliphatic carbocycles. The molecule has 1 aromatic rings. The summed E-state index contributed by atoms with van der Waals surface area (Å²) in [6, 6.07) is 1.80. The maximum atomic E-state index is 5.31.